The normalized spacial score (nSPS) is 10.5. The zero-order valence-electron chi connectivity index (χ0n) is 15.1. The van der Waals surface area contributed by atoms with E-state index in [9.17, 15) is 19.7 Å². The quantitative estimate of drug-likeness (QED) is 0.320. The zero-order chi connectivity index (χ0) is 21.7. The van der Waals surface area contributed by atoms with Crippen molar-refractivity contribution in [3.8, 4) is 11.4 Å². The average Bonchev–Trinajstić information content (AvgIpc) is 3.22. The monoisotopic (exact) mass is 449 g/mol. The molecule has 10 nitrogen and oxygen atoms in total. The van der Waals surface area contributed by atoms with Crippen molar-refractivity contribution in [3.63, 3.8) is 0 Å². The van der Waals surface area contributed by atoms with Crippen molar-refractivity contribution in [3.05, 3.63) is 74.1 Å². The predicted molar refractivity (Wildman–Crippen MR) is 108 cm³/mol. The molecule has 1 heterocycles. The first-order valence-corrected chi connectivity index (χ1v) is 9.20. The van der Waals surface area contributed by atoms with Gasteiger partial charge in [-0.25, -0.2) is 0 Å². The molecule has 2 N–H and O–H groups in total. The summed E-state index contributed by atoms with van der Waals surface area (Å²) < 4.78 is 4.94. The Hall–Kier alpha value is -3.50. The Morgan fingerprint density at radius 1 is 1.03 bits per heavy atom. The van der Waals surface area contributed by atoms with Gasteiger partial charge in [-0.2, -0.15) is 4.98 Å². The second-order valence-corrected chi connectivity index (χ2v) is 6.71. The summed E-state index contributed by atoms with van der Waals surface area (Å²) in [5.41, 5.74) is 0.329. The van der Waals surface area contributed by atoms with Crippen LogP contribution in [-0.2, 0) is 0 Å². The van der Waals surface area contributed by atoms with Crippen LogP contribution in [0.15, 0.2) is 47.0 Å². The third kappa shape index (κ3) is 5.10. The number of hydrogen-bond acceptors (Lipinski definition) is 7. The van der Waals surface area contributed by atoms with Crippen molar-refractivity contribution < 1.29 is 19.0 Å². The lowest BCUT2D eigenvalue weighted by molar-refractivity contribution is -0.384. The highest BCUT2D eigenvalue weighted by Crippen LogP contribution is 2.22. The SMILES string of the molecule is O=C(NCCNC(=O)c1cc([N+](=O)[O-])ccc1Cl)c1nc(-c2ccc(Cl)cc2)no1. The van der Waals surface area contributed by atoms with Crippen LogP contribution in [0.3, 0.4) is 0 Å². The predicted octanol–water partition coefficient (Wildman–Crippen LogP) is 3.11. The molecule has 0 spiro atoms. The number of carbonyl (C=O) groups is 2. The molecule has 0 aliphatic rings. The third-order valence-electron chi connectivity index (χ3n) is 3.82. The Morgan fingerprint density at radius 2 is 1.70 bits per heavy atom. The second kappa shape index (κ2) is 9.33. The van der Waals surface area contributed by atoms with Crippen molar-refractivity contribution in [2.24, 2.45) is 0 Å². The summed E-state index contributed by atoms with van der Waals surface area (Å²) in [6.45, 7) is 0.0948. The Bertz CT molecular complexity index is 1100. The van der Waals surface area contributed by atoms with E-state index < -0.39 is 16.7 Å². The summed E-state index contributed by atoms with van der Waals surface area (Å²) in [7, 11) is 0. The Kier molecular flexibility index (Phi) is 6.60. The minimum absolute atomic E-state index is 0.0401. The highest BCUT2D eigenvalue weighted by Gasteiger charge is 2.17. The van der Waals surface area contributed by atoms with Crippen LogP contribution in [0, 0.1) is 10.1 Å². The van der Waals surface area contributed by atoms with Crippen LogP contribution in [0.5, 0.6) is 0 Å². The minimum Gasteiger partial charge on any atom is -0.350 e. The number of halogens is 2. The van der Waals surface area contributed by atoms with Gasteiger partial charge >= 0.3 is 11.8 Å². The van der Waals surface area contributed by atoms with E-state index in [1.807, 2.05) is 0 Å². The minimum atomic E-state index is -0.629. The van der Waals surface area contributed by atoms with E-state index in [0.717, 1.165) is 6.07 Å². The van der Waals surface area contributed by atoms with E-state index in [-0.39, 0.29) is 41.1 Å². The molecule has 3 aromatic rings. The van der Waals surface area contributed by atoms with E-state index >= 15 is 0 Å². The number of nitro groups is 1. The van der Waals surface area contributed by atoms with Crippen molar-refractivity contribution in [1.82, 2.24) is 20.8 Å². The first kappa shape index (κ1) is 21.2. The molecule has 0 radical (unpaired) electrons. The molecule has 0 aliphatic carbocycles. The summed E-state index contributed by atoms with van der Waals surface area (Å²) in [6.07, 6.45) is 0. The van der Waals surface area contributed by atoms with Gasteiger partial charge in [0.25, 0.3) is 11.6 Å². The average molecular weight is 450 g/mol. The van der Waals surface area contributed by atoms with Gasteiger partial charge in [-0.05, 0) is 30.3 Å². The molecule has 0 saturated heterocycles. The maximum absolute atomic E-state index is 12.2. The molecule has 3 rings (SSSR count). The molecule has 30 heavy (non-hydrogen) atoms. The highest BCUT2D eigenvalue weighted by atomic mass is 35.5. The summed E-state index contributed by atoms with van der Waals surface area (Å²) in [4.78, 5) is 38.5. The molecule has 1 aromatic heterocycles. The van der Waals surface area contributed by atoms with E-state index in [4.69, 9.17) is 27.7 Å². The van der Waals surface area contributed by atoms with Gasteiger partial charge in [0.2, 0.25) is 5.82 Å². The maximum atomic E-state index is 12.2. The molecule has 154 valence electrons. The van der Waals surface area contributed by atoms with E-state index in [1.54, 1.807) is 24.3 Å². The topological polar surface area (TPSA) is 140 Å². The highest BCUT2D eigenvalue weighted by molar-refractivity contribution is 6.34. The smallest absolute Gasteiger partial charge is 0.316 e. The number of amides is 2. The Balaban J connectivity index is 1.52. The number of nitro benzene ring substituents is 1. The number of hydrogen-bond donors (Lipinski definition) is 2. The van der Waals surface area contributed by atoms with Crippen LogP contribution < -0.4 is 10.6 Å². The fraction of sp³-hybridized carbons (Fsp3) is 0.111. The number of non-ortho nitro benzene ring substituents is 1. The van der Waals surface area contributed by atoms with Gasteiger partial charge < -0.3 is 15.2 Å². The van der Waals surface area contributed by atoms with Gasteiger partial charge in [0.1, 0.15) is 0 Å². The third-order valence-corrected chi connectivity index (χ3v) is 4.41. The molecule has 0 unspecified atom stereocenters. The number of carbonyl (C=O) groups excluding carboxylic acids is 2. The van der Waals surface area contributed by atoms with Gasteiger partial charge in [0.15, 0.2) is 0 Å². The maximum Gasteiger partial charge on any atom is 0.316 e. The van der Waals surface area contributed by atoms with Gasteiger partial charge in [0, 0.05) is 35.8 Å². The standard InChI is InChI=1S/C18H13Cl2N5O5/c19-11-3-1-10(2-4-11)15-23-18(30-24-15)17(27)22-8-7-21-16(26)13-9-12(25(28)29)5-6-14(13)20/h1-6,9H,7-8H2,(H,21,26)(H,22,27). The van der Waals surface area contributed by atoms with Crippen molar-refractivity contribution >= 4 is 40.7 Å². The number of nitrogens with zero attached hydrogens (tertiary/aromatic N) is 3. The lowest BCUT2D eigenvalue weighted by Crippen LogP contribution is -2.35. The molecule has 2 amide bonds. The number of rotatable bonds is 7. The van der Waals surface area contributed by atoms with Crippen molar-refractivity contribution in [2.75, 3.05) is 13.1 Å². The van der Waals surface area contributed by atoms with Crippen LogP contribution in [0.4, 0.5) is 5.69 Å². The van der Waals surface area contributed by atoms with Crippen LogP contribution >= 0.6 is 23.2 Å². The first-order chi connectivity index (χ1) is 14.3. The summed E-state index contributed by atoms with van der Waals surface area (Å²) in [6, 6.07) is 10.2. The summed E-state index contributed by atoms with van der Waals surface area (Å²) >= 11 is 11.7. The molecule has 12 heteroatoms. The lowest BCUT2D eigenvalue weighted by atomic mass is 10.2. The summed E-state index contributed by atoms with van der Waals surface area (Å²) in [5.74, 6) is -1.25. The van der Waals surface area contributed by atoms with E-state index in [0.29, 0.717) is 10.6 Å². The lowest BCUT2D eigenvalue weighted by Gasteiger charge is -2.07. The number of benzene rings is 2. The number of aromatic nitrogens is 2. The zero-order valence-corrected chi connectivity index (χ0v) is 16.6. The Morgan fingerprint density at radius 3 is 2.37 bits per heavy atom. The van der Waals surface area contributed by atoms with Crippen LogP contribution in [0.2, 0.25) is 10.0 Å². The van der Waals surface area contributed by atoms with Crippen LogP contribution in [-0.4, -0.2) is 40.0 Å². The van der Waals surface area contributed by atoms with E-state index in [2.05, 4.69) is 20.8 Å². The first-order valence-electron chi connectivity index (χ1n) is 8.45. The molecule has 2 aromatic carbocycles. The van der Waals surface area contributed by atoms with Gasteiger partial charge in [-0.3, -0.25) is 19.7 Å². The molecule has 0 aliphatic heterocycles. The van der Waals surface area contributed by atoms with Crippen molar-refractivity contribution in [1.29, 1.82) is 0 Å². The van der Waals surface area contributed by atoms with Gasteiger partial charge in [0.05, 0.1) is 15.5 Å². The fourth-order valence-corrected chi connectivity index (χ4v) is 2.69. The molecule has 0 saturated carbocycles. The molecular formula is C18H13Cl2N5O5. The largest absolute Gasteiger partial charge is 0.350 e. The molecular weight excluding hydrogens is 437 g/mol. The summed E-state index contributed by atoms with van der Waals surface area (Å²) in [5, 5.41) is 20.2. The van der Waals surface area contributed by atoms with Gasteiger partial charge in [-0.1, -0.05) is 28.4 Å². The van der Waals surface area contributed by atoms with Crippen LogP contribution in [0.25, 0.3) is 11.4 Å². The molecule has 0 atom stereocenters. The van der Waals surface area contributed by atoms with E-state index in [1.165, 1.54) is 12.1 Å². The fourth-order valence-electron chi connectivity index (χ4n) is 2.36. The second-order valence-electron chi connectivity index (χ2n) is 5.86. The van der Waals surface area contributed by atoms with Gasteiger partial charge in [-0.15, -0.1) is 0 Å². The molecule has 0 bridgehead atoms. The Labute approximate surface area is 179 Å². The van der Waals surface area contributed by atoms with Crippen LogP contribution in [0.1, 0.15) is 21.0 Å². The molecule has 0 fully saturated rings. The van der Waals surface area contributed by atoms with Crippen molar-refractivity contribution in [2.45, 2.75) is 0 Å². The number of nitrogens with one attached hydrogen (secondary N) is 2.